The average Bonchev–Trinajstić information content (AvgIpc) is 2.43. The minimum Gasteiger partial charge on any atom is -0.396 e. The molecule has 5 nitrogen and oxygen atoms in total. The van der Waals surface area contributed by atoms with Crippen LogP contribution in [0, 0.1) is 0 Å². The fraction of sp³-hybridized carbons (Fsp3) is 0.600. The Kier molecular flexibility index (Phi) is 2.35. The molecule has 0 saturated heterocycles. The standard InChI is InChI=1S/C5H10N4O/c6-1-4(2-10)5-7-3-8-9-5/h3-4,10H,1-2,6H2,(H,7,8,9). The third-order valence-corrected chi connectivity index (χ3v) is 1.33. The van der Waals surface area contributed by atoms with Crippen molar-refractivity contribution in [3.63, 3.8) is 0 Å². The number of aliphatic hydroxyl groups is 1. The van der Waals surface area contributed by atoms with Gasteiger partial charge < -0.3 is 10.8 Å². The molecule has 56 valence electrons. The fourth-order valence-electron chi connectivity index (χ4n) is 0.684. The molecule has 1 aromatic rings. The Hall–Kier alpha value is -0.940. The summed E-state index contributed by atoms with van der Waals surface area (Å²) in [6.45, 7) is 0.386. The first-order valence-electron chi connectivity index (χ1n) is 3.04. The Morgan fingerprint density at radius 3 is 3.00 bits per heavy atom. The van der Waals surface area contributed by atoms with Gasteiger partial charge in [0.1, 0.15) is 12.2 Å². The minimum absolute atomic E-state index is 0.00565. The van der Waals surface area contributed by atoms with Gasteiger partial charge in [-0.3, -0.25) is 5.10 Å². The highest BCUT2D eigenvalue weighted by molar-refractivity contribution is 4.92. The van der Waals surface area contributed by atoms with Gasteiger partial charge in [-0.05, 0) is 0 Å². The van der Waals surface area contributed by atoms with Gasteiger partial charge in [0.2, 0.25) is 0 Å². The molecule has 0 saturated carbocycles. The smallest absolute Gasteiger partial charge is 0.137 e. The van der Waals surface area contributed by atoms with Crippen LogP contribution in [0.3, 0.4) is 0 Å². The normalized spacial score (nSPS) is 13.4. The van der Waals surface area contributed by atoms with E-state index in [1.165, 1.54) is 6.33 Å². The largest absolute Gasteiger partial charge is 0.396 e. The molecular weight excluding hydrogens is 132 g/mol. The van der Waals surface area contributed by atoms with Crippen molar-refractivity contribution in [2.75, 3.05) is 13.2 Å². The molecule has 0 aliphatic rings. The molecule has 0 spiro atoms. The zero-order valence-corrected chi connectivity index (χ0v) is 5.49. The Balaban J connectivity index is 2.64. The Bertz CT molecular complexity index is 170. The SMILES string of the molecule is NCC(CO)c1ncn[nH]1. The Morgan fingerprint density at radius 2 is 2.60 bits per heavy atom. The summed E-state index contributed by atoms with van der Waals surface area (Å²) >= 11 is 0. The summed E-state index contributed by atoms with van der Waals surface area (Å²) in [6.07, 6.45) is 1.40. The second-order valence-corrected chi connectivity index (χ2v) is 1.99. The quantitative estimate of drug-likeness (QED) is 0.496. The van der Waals surface area contributed by atoms with Crippen LogP contribution >= 0.6 is 0 Å². The summed E-state index contributed by atoms with van der Waals surface area (Å²) in [7, 11) is 0. The van der Waals surface area contributed by atoms with E-state index in [9.17, 15) is 0 Å². The van der Waals surface area contributed by atoms with E-state index >= 15 is 0 Å². The maximum atomic E-state index is 8.73. The van der Waals surface area contributed by atoms with Crippen molar-refractivity contribution < 1.29 is 5.11 Å². The molecule has 4 N–H and O–H groups in total. The van der Waals surface area contributed by atoms with E-state index in [1.54, 1.807) is 0 Å². The molecule has 0 aliphatic carbocycles. The van der Waals surface area contributed by atoms with Crippen LogP contribution < -0.4 is 5.73 Å². The van der Waals surface area contributed by atoms with Crippen molar-refractivity contribution in [1.29, 1.82) is 0 Å². The summed E-state index contributed by atoms with van der Waals surface area (Å²) < 4.78 is 0. The molecule has 0 amide bonds. The summed E-state index contributed by atoms with van der Waals surface area (Å²) in [6, 6.07) is 0. The van der Waals surface area contributed by atoms with E-state index in [0.717, 1.165) is 0 Å². The highest BCUT2D eigenvalue weighted by Crippen LogP contribution is 2.04. The van der Waals surface area contributed by atoms with Crippen molar-refractivity contribution >= 4 is 0 Å². The number of hydrogen-bond acceptors (Lipinski definition) is 4. The number of aromatic amines is 1. The van der Waals surface area contributed by atoms with Crippen molar-refractivity contribution in [3.8, 4) is 0 Å². The van der Waals surface area contributed by atoms with Crippen LogP contribution in [0.1, 0.15) is 11.7 Å². The highest BCUT2D eigenvalue weighted by atomic mass is 16.3. The van der Waals surface area contributed by atoms with Gasteiger partial charge in [-0.2, -0.15) is 5.10 Å². The van der Waals surface area contributed by atoms with Gasteiger partial charge in [0.15, 0.2) is 0 Å². The zero-order valence-electron chi connectivity index (χ0n) is 5.49. The molecule has 0 radical (unpaired) electrons. The third-order valence-electron chi connectivity index (χ3n) is 1.33. The first kappa shape index (κ1) is 7.17. The zero-order chi connectivity index (χ0) is 7.40. The number of aromatic nitrogens is 3. The number of nitrogens with zero attached hydrogens (tertiary/aromatic N) is 2. The summed E-state index contributed by atoms with van der Waals surface area (Å²) in [4.78, 5) is 3.85. The second-order valence-electron chi connectivity index (χ2n) is 1.99. The van der Waals surface area contributed by atoms with Crippen molar-refractivity contribution in [2.45, 2.75) is 5.92 Å². The lowest BCUT2D eigenvalue weighted by atomic mass is 10.1. The van der Waals surface area contributed by atoms with Crippen LogP contribution in [0.2, 0.25) is 0 Å². The molecule has 1 atom stereocenters. The van der Waals surface area contributed by atoms with E-state index < -0.39 is 0 Å². The lowest BCUT2D eigenvalue weighted by molar-refractivity contribution is 0.263. The molecule has 0 aromatic carbocycles. The van der Waals surface area contributed by atoms with E-state index in [2.05, 4.69) is 15.2 Å². The van der Waals surface area contributed by atoms with E-state index in [-0.39, 0.29) is 12.5 Å². The van der Waals surface area contributed by atoms with Gasteiger partial charge >= 0.3 is 0 Å². The number of nitrogens with two attached hydrogens (primary N) is 1. The first-order chi connectivity index (χ1) is 4.88. The summed E-state index contributed by atoms with van der Waals surface area (Å²) in [5.74, 6) is 0.535. The number of hydrogen-bond donors (Lipinski definition) is 3. The van der Waals surface area contributed by atoms with Crippen LogP contribution in [0.5, 0.6) is 0 Å². The third kappa shape index (κ3) is 1.31. The van der Waals surface area contributed by atoms with Crippen LogP contribution in [0.25, 0.3) is 0 Å². The van der Waals surface area contributed by atoms with E-state index in [0.29, 0.717) is 12.4 Å². The molecule has 1 aromatic heterocycles. The van der Waals surface area contributed by atoms with Gasteiger partial charge in [-0.15, -0.1) is 0 Å². The monoisotopic (exact) mass is 142 g/mol. The highest BCUT2D eigenvalue weighted by Gasteiger charge is 2.09. The van der Waals surface area contributed by atoms with Crippen molar-refractivity contribution in [1.82, 2.24) is 15.2 Å². The Labute approximate surface area is 58.3 Å². The van der Waals surface area contributed by atoms with E-state index in [4.69, 9.17) is 10.8 Å². The van der Waals surface area contributed by atoms with Crippen molar-refractivity contribution in [3.05, 3.63) is 12.2 Å². The van der Waals surface area contributed by atoms with Crippen LogP contribution in [0.4, 0.5) is 0 Å². The van der Waals surface area contributed by atoms with Gasteiger partial charge in [-0.1, -0.05) is 0 Å². The number of aliphatic hydroxyl groups excluding tert-OH is 1. The van der Waals surface area contributed by atoms with Gasteiger partial charge in [-0.25, -0.2) is 4.98 Å². The molecule has 0 bridgehead atoms. The number of H-pyrrole nitrogens is 1. The van der Waals surface area contributed by atoms with Crippen LogP contribution in [-0.2, 0) is 0 Å². The topological polar surface area (TPSA) is 87.8 Å². The predicted molar refractivity (Wildman–Crippen MR) is 35.3 cm³/mol. The van der Waals surface area contributed by atoms with E-state index in [1.807, 2.05) is 0 Å². The number of rotatable bonds is 3. The van der Waals surface area contributed by atoms with Crippen LogP contribution in [-0.4, -0.2) is 33.4 Å². The predicted octanol–water partition coefficient (Wildman–Crippen LogP) is -1.16. The average molecular weight is 142 g/mol. The molecule has 5 heteroatoms. The fourth-order valence-corrected chi connectivity index (χ4v) is 0.684. The summed E-state index contributed by atoms with van der Waals surface area (Å²) in [5, 5.41) is 15.0. The van der Waals surface area contributed by atoms with Gasteiger partial charge in [0.25, 0.3) is 0 Å². The van der Waals surface area contributed by atoms with Crippen LogP contribution in [0.15, 0.2) is 6.33 Å². The molecule has 0 fully saturated rings. The maximum absolute atomic E-state index is 8.73. The van der Waals surface area contributed by atoms with Crippen molar-refractivity contribution in [2.24, 2.45) is 5.73 Å². The Morgan fingerprint density at radius 1 is 1.80 bits per heavy atom. The lowest BCUT2D eigenvalue weighted by Gasteiger charge is -2.05. The minimum atomic E-state index is -0.109. The molecule has 1 rings (SSSR count). The molecule has 0 aliphatic heterocycles. The van der Waals surface area contributed by atoms with Gasteiger partial charge in [0.05, 0.1) is 12.5 Å². The molecule has 1 heterocycles. The summed E-state index contributed by atoms with van der Waals surface area (Å²) in [5.41, 5.74) is 5.33. The molecule has 1 unspecified atom stereocenters. The van der Waals surface area contributed by atoms with Gasteiger partial charge in [0, 0.05) is 6.54 Å². The molecular formula is C5H10N4O. The lowest BCUT2D eigenvalue weighted by Crippen LogP contribution is -2.17. The number of nitrogens with one attached hydrogen (secondary N) is 1. The molecule has 10 heavy (non-hydrogen) atoms. The first-order valence-corrected chi connectivity index (χ1v) is 3.04. The maximum Gasteiger partial charge on any atom is 0.137 e. The second kappa shape index (κ2) is 3.28.